The largest absolute Gasteiger partial charge is 0.493 e. The summed E-state index contributed by atoms with van der Waals surface area (Å²) in [5.41, 5.74) is 0.433. The number of aliphatic hydroxyl groups is 1. The molecule has 136 valence electrons. The summed E-state index contributed by atoms with van der Waals surface area (Å²) in [6.45, 7) is 3.03. The Labute approximate surface area is 152 Å². The molecule has 25 heavy (non-hydrogen) atoms. The van der Waals surface area contributed by atoms with Gasteiger partial charge in [-0.05, 0) is 29.1 Å². The summed E-state index contributed by atoms with van der Waals surface area (Å²) in [6.07, 6.45) is 1.36. The van der Waals surface area contributed by atoms with Crippen molar-refractivity contribution in [3.05, 3.63) is 46.2 Å². The maximum Gasteiger partial charge on any atom is 0.161 e. The molecule has 1 aromatic heterocycles. The molecule has 1 aliphatic heterocycles. The average Bonchev–Trinajstić information content (AvgIpc) is 3.14. The molecule has 2 heterocycles. The Balaban J connectivity index is 1.53. The van der Waals surface area contributed by atoms with Gasteiger partial charge in [-0.15, -0.1) is 11.3 Å². The van der Waals surface area contributed by atoms with Crippen molar-refractivity contribution in [3.63, 3.8) is 0 Å². The molecule has 0 bridgehead atoms. The second kappa shape index (κ2) is 8.67. The maximum atomic E-state index is 10.5. The van der Waals surface area contributed by atoms with Gasteiger partial charge >= 0.3 is 0 Å². The molecule has 6 heteroatoms. The van der Waals surface area contributed by atoms with Crippen molar-refractivity contribution in [3.8, 4) is 11.5 Å². The van der Waals surface area contributed by atoms with E-state index < -0.39 is 5.60 Å². The van der Waals surface area contributed by atoms with E-state index in [0.717, 1.165) is 17.1 Å². The standard InChI is InChI=1S/C19H25NO4S/c1-22-18-11-15(12-20-14-19(21)6-8-23-9-7-19)4-5-17(18)24-13-16-3-2-10-25-16/h2-5,10-11,20-21H,6-9,12-14H2,1H3. The van der Waals surface area contributed by atoms with E-state index in [-0.39, 0.29) is 0 Å². The highest BCUT2D eigenvalue weighted by molar-refractivity contribution is 7.09. The molecule has 0 spiro atoms. The first-order valence-electron chi connectivity index (χ1n) is 8.51. The van der Waals surface area contributed by atoms with E-state index >= 15 is 0 Å². The van der Waals surface area contributed by atoms with E-state index in [2.05, 4.69) is 11.4 Å². The SMILES string of the molecule is COc1cc(CNCC2(O)CCOCC2)ccc1OCc1cccs1. The Morgan fingerprint density at radius 3 is 2.80 bits per heavy atom. The van der Waals surface area contributed by atoms with Crippen LogP contribution in [0.4, 0.5) is 0 Å². The van der Waals surface area contributed by atoms with Crippen LogP contribution in [0.2, 0.25) is 0 Å². The third-order valence-electron chi connectivity index (χ3n) is 4.38. The number of hydrogen-bond donors (Lipinski definition) is 2. The number of methoxy groups -OCH3 is 1. The van der Waals surface area contributed by atoms with Crippen molar-refractivity contribution < 1.29 is 19.3 Å². The summed E-state index contributed by atoms with van der Waals surface area (Å²) < 4.78 is 16.6. The third-order valence-corrected chi connectivity index (χ3v) is 5.23. The zero-order valence-corrected chi connectivity index (χ0v) is 15.3. The van der Waals surface area contributed by atoms with Crippen LogP contribution < -0.4 is 14.8 Å². The van der Waals surface area contributed by atoms with Gasteiger partial charge in [0.25, 0.3) is 0 Å². The molecule has 2 N–H and O–H groups in total. The molecule has 3 rings (SSSR count). The van der Waals surface area contributed by atoms with Crippen LogP contribution in [-0.4, -0.2) is 37.6 Å². The molecule has 0 saturated carbocycles. The summed E-state index contributed by atoms with van der Waals surface area (Å²) in [5, 5.41) is 15.8. The van der Waals surface area contributed by atoms with Crippen LogP contribution in [0.15, 0.2) is 35.7 Å². The van der Waals surface area contributed by atoms with E-state index in [1.54, 1.807) is 18.4 Å². The first-order valence-corrected chi connectivity index (χ1v) is 9.39. The minimum Gasteiger partial charge on any atom is -0.493 e. The molecule has 0 atom stereocenters. The fourth-order valence-electron chi connectivity index (χ4n) is 2.85. The smallest absolute Gasteiger partial charge is 0.161 e. The Morgan fingerprint density at radius 2 is 2.08 bits per heavy atom. The third kappa shape index (κ3) is 5.19. The summed E-state index contributed by atoms with van der Waals surface area (Å²) in [4.78, 5) is 1.18. The Hall–Kier alpha value is -1.60. The van der Waals surface area contributed by atoms with Crippen molar-refractivity contribution in [2.24, 2.45) is 0 Å². The lowest BCUT2D eigenvalue weighted by Gasteiger charge is -2.32. The quantitative estimate of drug-likeness (QED) is 0.755. The van der Waals surface area contributed by atoms with Gasteiger partial charge in [-0.1, -0.05) is 12.1 Å². The van der Waals surface area contributed by atoms with Crippen LogP contribution >= 0.6 is 11.3 Å². The molecule has 0 radical (unpaired) electrons. The summed E-state index contributed by atoms with van der Waals surface area (Å²) in [7, 11) is 1.65. The molecule has 1 saturated heterocycles. The molecular formula is C19H25NO4S. The van der Waals surface area contributed by atoms with Crippen LogP contribution in [0.3, 0.4) is 0 Å². The van der Waals surface area contributed by atoms with Crippen molar-refractivity contribution in [1.29, 1.82) is 0 Å². The predicted molar refractivity (Wildman–Crippen MR) is 98.4 cm³/mol. The Kier molecular flexibility index (Phi) is 6.31. The highest BCUT2D eigenvalue weighted by Crippen LogP contribution is 2.29. The molecule has 1 aliphatic rings. The lowest BCUT2D eigenvalue weighted by atomic mass is 9.94. The summed E-state index contributed by atoms with van der Waals surface area (Å²) in [6, 6.07) is 10.0. The van der Waals surface area contributed by atoms with Gasteiger partial charge in [-0.3, -0.25) is 0 Å². The Bertz CT molecular complexity index is 653. The molecule has 5 nitrogen and oxygen atoms in total. The van der Waals surface area contributed by atoms with Crippen LogP contribution in [0.1, 0.15) is 23.3 Å². The average molecular weight is 363 g/mol. The Morgan fingerprint density at radius 1 is 1.24 bits per heavy atom. The zero-order valence-electron chi connectivity index (χ0n) is 14.5. The number of benzene rings is 1. The van der Waals surface area contributed by atoms with Crippen LogP contribution in [0, 0.1) is 0 Å². The van der Waals surface area contributed by atoms with Gasteiger partial charge in [-0.25, -0.2) is 0 Å². The van der Waals surface area contributed by atoms with E-state index in [1.807, 2.05) is 29.6 Å². The lowest BCUT2D eigenvalue weighted by Crippen LogP contribution is -2.44. The van der Waals surface area contributed by atoms with E-state index in [1.165, 1.54) is 4.88 Å². The normalized spacial score (nSPS) is 16.6. The van der Waals surface area contributed by atoms with Gasteiger partial charge in [0.05, 0.1) is 12.7 Å². The second-order valence-corrected chi connectivity index (χ2v) is 7.33. The predicted octanol–water partition coefficient (Wildman–Crippen LogP) is 2.97. The maximum absolute atomic E-state index is 10.5. The molecular weight excluding hydrogens is 338 g/mol. The molecule has 1 fully saturated rings. The van der Waals surface area contributed by atoms with Crippen molar-refractivity contribution in [2.75, 3.05) is 26.9 Å². The number of hydrogen-bond acceptors (Lipinski definition) is 6. The fourth-order valence-corrected chi connectivity index (χ4v) is 3.47. The van der Waals surface area contributed by atoms with Crippen LogP contribution in [-0.2, 0) is 17.9 Å². The van der Waals surface area contributed by atoms with E-state index in [4.69, 9.17) is 14.2 Å². The highest BCUT2D eigenvalue weighted by Gasteiger charge is 2.29. The van der Waals surface area contributed by atoms with Crippen molar-refractivity contribution in [1.82, 2.24) is 5.32 Å². The van der Waals surface area contributed by atoms with Gasteiger partial charge in [-0.2, -0.15) is 0 Å². The molecule has 1 aromatic carbocycles. The highest BCUT2D eigenvalue weighted by atomic mass is 32.1. The second-order valence-electron chi connectivity index (χ2n) is 6.29. The van der Waals surface area contributed by atoms with E-state index in [0.29, 0.717) is 45.8 Å². The molecule has 0 amide bonds. The van der Waals surface area contributed by atoms with Crippen LogP contribution in [0.5, 0.6) is 11.5 Å². The lowest BCUT2D eigenvalue weighted by molar-refractivity contribution is -0.0617. The number of rotatable bonds is 8. The first-order chi connectivity index (χ1) is 12.2. The van der Waals surface area contributed by atoms with Crippen molar-refractivity contribution >= 4 is 11.3 Å². The van der Waals surface area contributed by atoms with Gasteiger partial charge in [0.15, 0.2) is 11.5 Å². The summed E-state index contributed by atoms with van der Waals surface area (Å²) in [5.74, 6) is 1.46. The molecule has 0 unspecified atom stereocenters. The fraction of sp³-hybridized carbons (Fsp3) is 0.474. The first kappa shape index (κ1) is 18.2. The van der Waals surface area contributed by atoms with Gasteiger partial charge < -0.3 is 24.6 Å². The van der Waals surface area contributed by atoms with Crippen molar-refractivity contribution in [2.45, 2.75) is 31.6 Å². The van der Waals surface area contributed by atoms with Crippen LogP contribution in [0.25, 0.3) is 0 Å². The summed E-state index contributed by atoms with van der Waals surface area (Å²) >= 11 is 1.67. The minimum absolute atomic E-state index is 0.542. The zero-order chi connectivity index (χ0) is 17.5. The molecule has 2 aromatic rings. The van der Waals surface area contributed by atoms with Gasteiger partial charge in [0.2, 0.25) is 0 Å². The molecule has 0 aliphatic carbocycles. The number of ether oxygens (including phenoxy) is 3. The van der Waals surface area contributed by atoms with Gasteiger partial charge in [0, 0.05) is 44.0 Å². The minimum atomic E-state index is -0.661. The number of thiophene rings is 1. The number of nitrogens with one attached hydrogen (secondary N) is 1. The van der Waals surface area contributed by atoms with Gasteiger partial charge in [0.1, 0.15) is 6.61 Å². The van der Waals surface area contributed by atoms with E-state index in [9.17, 15) is 5.11 Å². The monoisotopic (exact) mass is 363 g/mol. The topological polar surface area (TPSA) is 60.0 Å².